The standard InChI is InChI=1S/C13H10N2O3S.ClH/c16-19(17,18)10-6-7-11-12(8-10)15-13(14-11)9-4-2-1-3-5-9;/h1-8H,(H,14,15)(H,16,17,18);1H. The van der Waals surface area contributed by atoms with Crippen molar-refractivity contribution >= 4 is 33.6 Å². The van der Waals surface area contributed by atoms with Gasteiger partial charge < -0.3 is 4.98 Å². The number of imidazole rings is 1. The molecule has 0 saturated heterocycles. The number of H-pyrrole nitrogens is 1. The summed E-state index contributed by atoms with van der Waals surface area (Å²) in [6.45, 7) is 0. The van der Waals surface area contributed by atoms with E-state index in [-0.39, 0.29) is 17.3 Å². The quantitative estimate of drug-likeness (QED) is 0.713. The maximum absolute atomic E-state index is 11.1. The molecule has 0 radical (unpaired) electrons. The van der Waals surface area contributed by atoms with E-state index in [0.29, 0.717) is 16.9 Å². The Hall–Kier alpha value is -1.89. The first-order valence-electron chi connectivity index (χ1n) is 5.57. The molecule has 0 atom stereocenters. The van der Waals surface area contributed by atoms with Gasteiger partial charge in [0.2, 0.25) is 0 Å². The van der Waals surface area contributed by atoms with Gasteiger partial charge in [0.25, 0.3) is 10.1 Å². The first-order valence-corrected chi connectivity index (χ1v) is 7.01. The largest absolute Gasteiger partial charge is 0.338 e. The second-order valence-electron chi connectivity index (χ2n) is 4.11. The SMILES string of the molecule is Cl.O=S(=O)(O)c1ccc2[nH]c(-c3ccccc3)nc2c1. The zero-order valence-electron chi connectivity index (χ0n) is 10.1. The zero-order valence-corrected chi connectivity index (χ0v) is 11.8. The summed E-state index contributed by atoms with van der Waals surface area (Å²) in [6, 6.07) is 13.8. The van der Waals surface area contributed by atoms with Crippen molar-refractivity contribution in [3.05, 3.63) is 48.5 Å². The van der Waals surface area contributed by atoms with Gasteiger partial charge in [-0.1, -0.05) is 30.3 Å². The lowest BCUT2D eigenvalue weighted by Gasteiger charge is -1.94. The lowest BCUT2D eigenvalue weighted by molar-refractivity contribution is 0.483. The van der Waals surface area contributed by atoms with Crippen LogP contribution in [0, 0.1) is 0 Å². The summed E-state index contributed by atoms with van der Waals surface area (Å²) in [7, 11) is -4.20. The first kappa shape index (κ1) is 14.5. The topological polar surface area (TPSA) is 83.0 Å². The monoisotopic (exact) mass is 310 g/mol. The van der Waals surface area contributed by atoms with Crippen LogP contribution in [0.25, 0.3) is 22.4 Å². The third-order valence-electron chi connectivity index (χ3n) is 2.80. The number of halogens is 1. The van der Waals surface area contributed by atoms with Gasteiger partial charge in [0.15, 0.2) is 0 Å². The van der Waals surface area contributed by atoms with Crippen LogP contribution in [0.2, 0.25) is 0 Å². The van der Waals surface area contributed by atoms with Gasteiger partial charge in [0.05, 0.1) is 15.9 Å². The summed E-state index contributed by atoms with van der Waals surface area (Å²) >= 11 is 0. The van der Waals surface area contributed by atoms with E-state index in [0.717, 1.165) is 5.56 Å². The highest BCUT2D eigenvalue weighted by molar-refractivity contribution is 7.85. The summed E-state index contributed by atoms with van der Waals surface area (Å²) in [5.41, 5.74) is 2.12. The smallest absolute Gasteiger partial charge is 0.294 e. The zero-order chi connectivity index (χ0) is 13.5. The Morgan fingerprint density at radius 3 is 2.40 bits per heavy atom. The molecule has 0 fully saturated rings. The van der Waals surface area contributed by atoms with Crippen molar-refractivity contribution in [3.8, 4) is 11.4 Å². The predicted octanol–water partition coefficient (Wildman–Crippen LogP) is 2.90. The van der Waals surface area contributed by atoms with Gasteiger partial charge in [0.1, 0.15) is 5.82 Å². The molecule has 0 spiro atoms. The number of rotatable bonds is 2. The molecule has 0 bridgehead atoms. The van der Waals surface area contributed by atoms with Crippen molar-refractivity contribution in [1.29, 1.82) is 0 Å². The van der Waals surface area contributed by atoms with E-state index in [9.17, 15) is 8.42 Å². The summed E-state index contributed by atoms with van der Waals surface area (Å²) < 4.78 is 31.1. The molecule has 0 saturated carbocycles. The second-order valence-corrected chi connectivity index (χ2v) is 5.53. The van der Waals surface area contributed by atoms with E-state index in [1.807, 2.05) is 30.3 Å². The minimum absolute atomic E-state index is 0. The van der Waals surface area contributed by atoms with Gasteiger partial charge in [-0.25, -0.2) is 4.98 Å². The molecule has 5 nitrogen and oxygen atoms in total. The molecule has 1 heterocycles. The maximum atomic E-state index is 11.1. The summed E-state index contributed by atoms with van der Waals surface area (Å²) in [6.07, 6.45) is 0. The van der Waals surface area contributed by atoms with Gasteiger partial charge in [-0.05, 0) is 18.2 Å². The van der Waals surface area contributed by atoms with E-state index < -0.39 is 10.1 Å². The van der Waals surface area contributed by atoms with E-state index in [4.69, 9.17) is 4.55 Å². The summed E-state index contributed by atoms with van der Waals surface area (Å²) in [5.74, 6) is 0.656. The minimum Gasteiger partial charge on any atom is -0.338 e. The van der Waals surface area contributed by atoms with Gasteiger partial charge in [0, 0.05) is 5.56 Å². The number of nitrogens with zero attached hydrogens (tertiary/aromatic N) is 1. The van der Waals surface area contributed by atoms with Crippen molar-refractivity contribution in [2.24, 2.45) is 0 Å². The third-order valence-corrected chi connectivity index (χ3v) is 3.65. The van der Waals surface area contributed by atoms with Crippen LogP contribution in [0.15, 0.2) is 53.4 Å². The van der Waals surface area contributed by atoms with Crippen LogP contribution in [0.5, 0.6) is 0 Å². The van der Waals surface area contributed by atoms with Crippen LogP contribution in [0.3, 0.4) is 0 Å². The predicted molar refractivity (Wildman–Crippen MR) is 78.6 cm³/mol. The van der Waals surface area contributed by atoms with Gasteiger partial charge in [-0.3, -0.25) is 4.55 Å². The Labute approximate surface area is 121 Å². The molecule has 0 amide bonds. The van der Waals surface area contributed by atoms with Crippen LogP contribution in [0.1, 0.15) is 0 Å². The first-order chi connectivity index (χ1) is 9.04. The fourth-order valence-electron chi connectivity index (χ4n) is 1.88. The molecule has 3 aromatic rings. The molecule has 3 rings (SSSR count). The highest BCUT2D eigenvalue weighted by atomic mass is 35.5. The Morgan fingerprint density at radius 2 is 1.75 bits per heavy atom. The number of benzene rings is 2. The number of aromatic nitrogens is 2. The van der Waals surface area contributed by atoms with Crippen molar-refractivity contribution < 1.29 is 13.0 Å². The van der Waals surface area contributed by atoms with E-state index in [1.165, 1.54) is 12.1 Å². The molecule has 0 aliphatic carbocycles. The van der Waals surface area contributed by atoms with Crippen molar-refractivity contribution in [2.45, 2.75) is 4.90 Å². The van der Waals surface area contributed by atoms with Crippen LogP contribution >= 0.6 is 12.4 Å². The van der Waals surface area contributed by atoms with E-state index in [1.54, 1.807) is 6.07 Å². The maximum Gasteiger partial charge on any atom is 0.294 e. The molecule has 0 aliphatic rings. The van der Waals surface area contributed by atoms with Crippen LogP contribution in [-0.2, 0) is 10.1 Å². The summed E-state index contributed by atoms with van der Waals surface area (Å²) in [4.78, 5) is 7.27. The Kier molecular flexibility index (Phi) is 3.80. The number of nitrogens with one attached hydrogen (secondary N) is 1. The van der Waals surface area contributed by atoms with Crippen LogP contribution in [0.4, 0.5) is 0 Å². The average molecular weight is 311 g/mol. The van der Waals surface area contributed by atoms with Crippen LogP contribution < -0.4 is 0 Å². The second kappa shape index (κ2) is 5.24. The number of hydrogen-bond acceptors (Lipinski definition) is 3. The lowest BCUT2D eigenvalue weighted by atomic mass is 10.2. The fraction of sp³-hybridized carbons (Fsp3) is 0. The molecule has 1 aromatic heterocycles. The van der Waals surface area contributed by atoms with E-state index >= 15 is 0 Å². The third kappa shape index (κ3) is 2.67. The average Bonchev–Trinajstić information content (AvgIpc) is 2.81. The Balaban J connectivity index is 0.00000147. The van der Waals surface area contributed by atoms with Crippen molar-refractivity contribution in [2.75, 3.05) is 0 Å². The Bertz CT molecular complexity index is 844. The Morgan fingerprint density at radius 1 is 1.05 bits per heavy atom. The van der Waals surface area contributed by atoms with Crippen LogP contribution in [-0.4, -0.2) is 22.9 Å². The highest BCUT2D eigenvalue weighted by Crippen LogP contribution is 2.22. The number of fused-ring (bicyclic) bond motifs is 1. The molecule has 7 heteroatoms. The highest BCUT2D eigenvalue weighted by Gasteiger charge is 2.12. The molecule has 2 N–H and O–H groups in total. The minimum atomic E-state index is -4.20. The number of aromatic amines is 1. The van der Waals surface area contributed by atoms with Crippen molar-refractivity contribution in [3.63, 3.8) is 0 Å². The summed E-state index contributed by atoms with van der Waals surface area (Å²) in [5, 5.41) is 0. The van der Waals surface area contributed by atoms with Crippen molar-refractivity contribution in [1.82, 2.24) is 9.97 Å². The van der Waals surface area contributed by atoms with E-state index in [2.05, 4.69) is 9.97 Å². The number of hydrogen-bond donors (Lipinski definition) is 2. The molecule has 2 aromatic carbocycles. The molecule has 0 unspecified atom stereocenters. The molecular weight excluding hydrogens is 300 g/mol. The normalized spacial score (nSPS) is 11.2. The van der Waals surface area contributed by atoms with Gasteiger partial charge in [-0.2, -0.15) is 8.42 Å². The molecular formula is C13H11ClN2O3S. The van der Waals surface area contributed by atoms with Gasteiger partial charge >= 0.3 is 0 Å². The molecule has 104 valence electrons. The molecule has 20 heavy (non-hydrogen) atoms. The fourth-order valence-corrected chi connectivity index (χ4v) is 2.38. The van der Waals surface area contributed by atoms with Gasteiger partial charge in [-0.15, -0.1) is 12.4 Å². The lowest BCUT2D eigenvalue weighted by Crippen LogP contribution is -1.97. The molecule has 0 aliphatic heterocycles.